The lowest BCUT2D eigenvalue weighted by Crippen LogP contribution is -2.62. The van der Waals surface area contributed by atoms with Gasteiger partial charge >= 0.3 is 0 Å². The molecule has 0 saturated carbocycles. The van der Waals surface area contributed by atoms with Crippen molar-refractivity contribution >= 4 is 40.4 Å². The van der Waals surface area contributed by atoms with E-state index < -0.39 is 0 Å². The maximum absolute atomic E-state index is 12.1. The van der Waals surface area contributed by atoms with Crippen molar-refractivity contribution in [3.63, 3.8) is 0 Å². The van der Waals surface area contributed by atoms with E-state index >= 15 is 0 Å². The Bertz CT molecular complexity index is 583. The quantitative estimate of drug-likeness (QED) is 0.850. The molecule has 5 nitrogen and oxygen atoms in total. The fourth-order valence-corrected chi connectivity index (χ4v) is 3.33. The Morgan fingerprint density at radius 2 is 1.90 bits per heavy atom. The lowest BCUT2D eigenvalue weighted by atomic mass is 10.0. The van der Waals surface area contributed by atoms with Crippen molar-refractivity contribution in [1.29, 1.82) is 0 Å². The molecular weight excluding hydrogens is 312 g/mol. The number of thioether (sulfide) groups is 1. The summed E-state index contributed by atoms with van der Waals surface area (Å²) >= 11 is 6.83. The molecule has 2 fully saturated rings. The number of hydrogen-bond acceptors (Lipinski definition) is 4. The number of likely N-dealkylation sites (tertiary alicyclic amines) is 1. The molecule has 0 bridgehead atoms. The third kappa shape index (κ3) is 2.91. The van der Waals surface area contributed by atoms with Crippen molar-refractivity contribution in [1.82, 2.24) is 9.80 Å². The van der Waals surface area contributed by atoms with Crippen molar-refractivity contribution < 1.29 is 14.4 Å². The molecule has 2 aliphatic heterocycles. The van der Waals surface area contributed by atoms with Crippen LogP contribution >= 0.6 is 23.4 Å². The van der Waals surface area contributed by atoms with Crippen LogP contribution in [0.4, 0.5) is 4.79 Å². The molecule has 0 aromatic heterocycles. The minimum atomic E-state index is -0.199. The molecular formula is C14H13ClN2O3S. The van der Waals surface area contributed by atoms with Gasteiger partial charge in [0, 0.05) is 18.1 Å². The number of rotatable bonds is 3. The summed E-state index contributed by atoms with van der Waals surface area (Å²) in [6, 6.07) is 6.99. The molecule has 0 radical (unpaired) electrons. The fraction of sp³-hybridized carbons (Fsp3) is 0.357. The van der Waals surface area contributed by atoms with Gasteiger partial charge in [-0.3, -0.25) is 19.3 Å². The van der Waals surface area contributed by atoms with Crippen LogP contribution in [-0.2, 0) is 16.0 Å². The smallest absolute Gasteiger partial charge is 0.289 e. The summed E-state index contributed by atoms with van der Waals surface area (Å²) in [5.41, 5.74) is 0.900. The van der Waals surface area contributed by atoms with Crippen LogP contribution in [0.25, 0.3) is 0 Å². The normalized spacial score (nSPS) is 19.1. The largest absolute Gasteiger partial charge is 0.338 e. The monoisotopic (exact) mass is 324 g/mol. The van der Waals surface area contributed by atoms with Gasteiger partial charge in [0.2, 0.25) is 11.8 Å². The number of benzene rings is 1. The lowest BCUT2D eigenvalue weighted by molar-refractivity contribution is -0.141. The number of carbonyl (C=O) groups excluding carboxylic acids is 3. The molecule has 110 valence electrons. The Labute approximate surface area is 131 Å². The second-order valence-electron chi connectivity index (χ2n) is 5.07. The second-order valence-corrected chi connectivity index (χ2v) is 6.44. The number of imide groups is 1. The van der Waals surface area contributed by atoms with Crippen molar-refractivity contribution in [3.05, 3.63) is 34.9 Å². The summed E-state index contributed by atoms with van der Waals surface area (Å²) in [5.74, 6) is 0.0637. The van der Waals surface area contributed by atoms with Crippen molar-refractivity contribution in [3.8, 4) is 0 Å². The maximum atomic E-state index is 12.1. The van der Waals surface area contributed by atoms with E-state index in [-0.39, 0.29) is 28.8 Å². The van der Waals surface area contributed by atoms with Crippen molar-refractivity contribution in [2.24, 2.45) is 0 Å². The predicted molar refractivity (Wildman–Crippen MR) is 80.2 cm³/mol. The van der Waals surface area contributed by atoms with Crippen LogP contribution in [0.2, 0.25) is 5.02 Å². The molecule has 2 heterocycles. The molecule has 0 unspecified atom stereocenters. The van der Waals surface area contributed by atoms with Gasteiger partial charge in [0.25, 0.3) is 5.24 Å². The molecule has 0 N–H and O–H groups in total. The van der Waals surface area contributed by atoms with E-state index in [0.29, 0.717) is 24.5 Å². The zero-order chi connectivity index (χ0) is 15.0. The van der Waals surface area contributed by atoms with E-state index in [1.807, 2.05) is 12.1 Å². The molecule has 2 saturated heterocycles. The van der Waals surface area contributed by atoms with E-state index in [1.165, 1.54) is 4.90 Å². The Morgan fingerprint density at radius 3 is 2.48 bits per heavy atom. The first-order valence-electron chi connectivity index (χ1n) is 6.55. The number of halogens is 1. The van der Waals surface area contributed by atoms with Gasteiger partial charge in [-0.2, -0.15) is 0 Å². The highest BCUT2D eigenvalue weighted by Crippen LogP contribution is 2.26. The van der Waals surface area contributed by atoms with Gasteiger partial charge in [-0.05, 0) is 17.7 Å². The number of amides is 3. The van der Waals surface area contributed by atoms with Crippen LogP contribution in [0, 0.1) is 0 Å². The van der Waals surface area contributed by atoms with Gasteiger partial charge < -0.3 is 4.90 Å². The number of hydrogen-bond donors (Lipinski definition) is 0. The molecule has 21 heavy (non-hydrogen) atoms. The molecule has 3 amide bonds. The van der Waals surface area contributed by atoms with Gasteiger partial charge in [-0.25, -0.2) is 0 Å². The van der Waals surface area contributed by atoms with Crippen LogP contribution in [-0.4, -0.2) is 51.7 Å². The van der Waals surface area contributed by atoms with Gasteiger partial charge in [0.15, 0.2) is 0 Å². The van der Waals surface area contributed by atoms with E-state index in [0.717, 1.165) is 17.3 Å². The summed E-state index contributed by atoms with van der Waals surface area (Å²) in [5, 5.41) is 0.438. The molecule has 1 aromatic carbocycles. The SMILES string of the molecule is O=C(Cc1ccc(Cl)cc1)N1CC(N2C(=O)CSC2=O)C1. The predicted octanol–water partition coefficient (Wildman–Crippen LogP) is 1.79. The van der Waals surface area contributed by atoms with Gasteiger partial charge in [-0.15, -0.1) is 0 Å². The highest BCUT2D eigenvalue weighted by atomic mass is 35.5. The molecule has 7 heteroatoms. The van der Waals surface area contributed by atoms with E-state index in [4.69, 9.17) is 11.6 Å². The Balaban J connectivity index is 1.54. The molecule has 0 aliphatic carbocycles. The maximum Gasteiger partial charge on any atom is 0.289 e. The van der Waals surface area contributed by atoms with Gasteiger partial charge in [-0.1, -0.05) is 35.5 Å². The molecule has 1 aromatic rings. The van der Waals surface area contributed by atoms with Crippen LogP contribution in [0.1, 0.15) is 5.56 Å². The van der Waals surface area contributed by atoms with Crippen LogP contribution in [0.5, 0.6) is 0 Å². The summed E-state index contributed by atoms with van der Waals surface area (Å²) in [7, 11) is 0. The highest BCUT2D eigenvalue weighted by Gasteiger charge is 2.43. The zero-order valence-electron chi connectivity index (χ0n) is 11.1. The standard InChI is InChI=1S/C14H13ClN2O3S/c15-10-3-1-9(2-4-10)5-12(18)16-6-11(7-16)17-13(19)8-21-14(17)20/h1-4,11H,5-8H2. The van der Waals surface area contributed by atoms with E-state index in [2.05, 4.69) is 0 Å². The third-order valence-electron chi connectivity index (χ3n) is 3.63. The van der Waals surface area contributed by atoms with E-state index in [1.54, 1.807) is 17.0 Å². The number of nitrogens with zero attached hydrogens (tertiary/aromatic N) is 2. The summed E-state index contributed by atoms with van der Waals surface area (Å²) in [4.78, 5) is 38.2. The molecule has 3 rings (SSSR count). The Kier molecular flexibility index (Phi) is 3.91. The first-order chi connectivity index (χ1) is 10.0. The van der Waals surface area contributed by atoms with Gasteiger partial charge in [0.05, 0.1) is 18.2 Å². The van der Waals surface area contributed by atoms with Crippen LogP contribution in [0.3, 0.4) is 0 Å². The van der Waals surface area contributed by atoms with Gasteiger partial charge in [0.1, 0.15) is 0 Å². The van der Waals surface area contributed by atoms with Crippen molar-refractivity contribution in [2.45, 2.75) is 12.5 Å². The summed E-state index contributed by atoms with van der Waals surface area (Å²) in [6.45, 7) is 0.870. The average Bonchev–Trinajstić information content (AvgIpc) is 2.72. The van der Waals surface area contributed by atoms with E-state index in [9.17, 15) is 14.4 Å². The summed E-state index contributed by atoms with van der Waals surface area (Å²) < 4.78 is 0. The van der Waals surface area contributed by atoms with Crippen molar-refractivity contribution in [2.75, 3.05) is 18.8 Å². The average molecular weight is 325 g/mol. The highest BCUT2D eigenvalue weighted by molar-refractivity contribution is 8.14. The summed E-state index contributed by atoms with van der Waals surface area (Å²) in [6.07, 6.45) is 0.306. The zero-order valence-corrected chi connectivity index (χ0v) is 12.7. The first-order valence-corrected chi connectivity index (χ1v) is 7.92. The Morgan fingerprint density at radius 1 is 1.24 bits per heavy atom. The topological polar surface area (TPSA) is 57.7 Å². The minimum Gasteiger partial charge on any atom is -0.338 e. The third-order valence-corrected chi connectivity index (χ3v) is 4.72. The molecule has 0 spiro atoms. The Hall–Kier alpha value is -1.53. The van der Waals surface area contributed by atoms with Crippen LogP contribution < -0.4 is 0 Å². The minimum absolute atomic E-state index is 0.000297. The van der Waals surface area contributed by atoms with Crippen LogP contribution in [0.15, 0.2) is 24.3 Å². The number of carbonyl (C=O) groups is 3. The fourth-order valence-electron chi connectivity index (χ4n) is 2.43. The molecule has 0 atom stereocenters. The second kappa shape index (κ2) is 5.69. The molecule has 2 aliphatic rings. The lowest BCUT2D eigenvalue weighted by Gasteiger charge is -2.42. The first kappa shape index (κ1) is 14.4.